The van der Waals surface area contributed by atoms with Crippen LogP contribution in [0.4, 0.5) is 11.5 Å². The van der Waals surface area contributed by atoms with Crippen LogP contribution in [-0.4, -0.2) is 72.3 Å². The minimum Gasteiger partial charge on any atom is -0.495 e. The lowest BCUT2D eigenvalue weighted by Crippen LogP contribution is -2.47. The number of halogens is 1. The number of hydrogen-bond acceptors (Lipinski definition) is 7. The number of carboxylic acids is 1. The van der Waals surface area contributed by atoms with Gasteiger partial charge in [0, 0.05) is 37.7 Å². The zero-order chi connectivity index (χ0) is 19.9. The smallest absolute Gasteiger partial charge is 0.356 e. The van der Waals surface area contributed by atoms with E-state index in [4.69, 9.17) is 21.4 Å². The molecule has 0 bridgehead atoms. The topological polar surface area (TPSA) is 90.8 Å². The van der Waals surface area contributed by atoms with Gasteiger partial charge in [-0.2, -0.15) is 0 Å². The van der Waals surface area contributed by atoms with Crippen LogP contribution >= 0.6 is 11.6 Å². The van der Waals surface area contributed by atoms with Gasteiger partial charge in [-0.3, -0.25) is 4.90 Å². The second kappa shape index (κ2) is 9.57. The number of piperazine rings is 1. The van der Waals surface area contributed by atoms with Crippen molar-refractivity contribution < 1.29 is 14.6 Å². The molecular weight excluding hydrogens is 382 g/mol. The molecule has 2 aromatic rings. The summed E-state index contributed by atoms with van der Waals surface area (Å²) in [5, 5.41) is 12.7. The molecule has 1 saturated heterocycles. The fourth-order valence-corrected chi connectivity index (χ4v) is 3.34. The number of aromatic carboxylic acids is 1. The van der Waals surface area contributed by atoms with Gasteiger partial charge in [-0.1, -0.05) is 11.6 Å². The van der Waals surface area contributed by atoms with Gasteiger partial charge in [0.2, 0.25) is 0 Å². The minimum atomic E-state index is -1.08. The fourth-order valence-electron chi connectivity index (χ4n) is 3.17. The van der Waals surface area contributed by atoms with E-state index in [1.807, 2.05) is 18.2 Å². The van der Waals surface area contributed by atoms with Crippen molar-refractivity contribution in [1.82, 2.24) is 14.9 Å². The number of benzene rings is 1. The molecule has 1 fully saturated rings. The van der Waals surface area contributed by atoms with E-state index in [-0.39, 0.29) is 5.69 Å². The number of ether oxygens (including phenoxy) is 1. The van der Waals surface area contributed by atoms with Crippen LogP contribution in [0.1, 0.15) is 16.9 Å². The van der Waals surface area contributed by atoms with Gasteiger partial charge in [0.1, 0.15) is 11.6 Å². The van der Waals surface area contributed by atoms with Gasteiger partial charge < -0.3 is 20.1 Å². The van der Waals surface area contributed by atoms with Gasteiger partial charge in [0.25, 0.3) is 0 Å². The maximum atomic E-state index is 10.8. The summed E-state index contributed by atoms with van der Waals surface area (Å²) in [6.07, 6.45) is 3.66. The van der Waals surface area contributed by atoms with E-state index in [0.29, 0.717) is 10.8 Å². The molecule has 1 aliphatic rings. The van der Waals surface area contributed by atoms with Crippen LogP contribution in [0, 0.1) is 0 Å². The molecule has 150 valence electrons. The third kappa shape index (κ3) is 5.24. The van der Waals surface area contributed by atoms with Crippen molar-refractivity contribution in [3.8, 4) is 5.75 Å². The molecule has 0 unspecified atom stereocenters. The second-order valence-electron chi connectivity index (χ2n) is 6.52. The molecule has 2 N–H and O–H groups in total. The van der Waals surface area contributed by atoms with Crippen molar-refractivity contribution in [1.29, 1.82) is 0 Å². The van der Waals surface area contributed by atoms with Gasteiger partial charge in [-0.05, 0) is 31.2 Å². The standard InChI is InChI=1S/C19H24ClN5O3/c1-28-17-4-3-14(20)11-16(17)25-9-7-24(8-10-25)6-2-5-21-18-13-22-15(12-23-18)19(26)27/h3-4,11-13H,2,5-10H2,1H3,(H,21,23)(H,26,27). The lowest BCUT2D eigenvalue weighted by atomic mass is 10.2. The number of rotatable bonds is 8. The Morgan fingerprint density at radius 3 is 2.68 bits per heavy atom. The molecule has 28 heavy (non-hydrogen) atoms. The Kier molecular flexibility index (Phi) is 6.89. The highest BCUT2D eigenvalue weighted by molar-refractivity contribution is 6.30. The van der Waals surface area contributed by atoms with Crippen molar-refractivity contribution in [2.24, 2.45) is 0 Å². The summed E-state index contributed by atoms with van der Waals surface area (Å²) < 4.78 is 5.46. The van der Waals surface area contributed by atoms with Crippen molar-refractivity contribution in [2.45, 2.75) is 6.42 Å². The van der Waals surface area contributed by atoms with Crippen LogP contribution in [-0.2, 0) is 0 Å². The van der Waals surface area contributed by atoms with E-state index in [1.54, 1.807) is 7.11 Å². The first kappa shape index (κ1) is 20.2. The minimum absolute atomic E-state index is 0.0558. The van der Waals surface area contributed by atoms with Gasteiger partial charge in [-0.15, -0.1) is 0 Å². The van der Waals surface area contributed by atoms with Crippen LogP contribution in [0.25, 0.3) is 0 Å². The Bertz CT molecular complexity index is 795. The molecule has 0 saturated carbocycles. The van der Waals surface area contributed by atoms with Crippen molar-refractivity contribution in [2.75, 3.05) is 56.6 Å². The summed E-state index contributed by atoms with van der Waals surface area (Å²) in [6.45, 7) is 5.53. The highest BCUT2D eigenvalue weighted by atomic mass is 35.5. The fraction of sp³-hybridized carbons (Fsp3) is 0.421. The molecule has 0 spiro atoms. The zero-order valence-corrected chi connectivity index (χ0v) is 16.5. The van der Waals surface area contributed by atoms with Crippen molar-refractivity contribution >= 4 is 29.1 Å². The van der Waals surface area contributed by atoms with E-state index >= 15 is 0 Å². The summed E-state index contributed by atoms with van der Waals surface area (Å²) in [5.41, 5.74) is 0.986. The van der Waals surface area contributed by atoms with E-state index in [1.165, 1.54) is 12.4 Å². The lowest BCUT2D eigenvalue weighted by Gasteiger charge is -2.36. The van der Waals surface area contributed by atoms with E-state index in [9.17, 15) is 4.79 Å². The first-order valence-corrected chi connectivity index (χ1v) is 9.54. The molecule has 3 rings (SSSR count). The van der Waals surface area contributed by atoms with Crippen LogP contribution in [0.3, 0.4) is 0 Å². The molecule has 2 heterocycles. The molecule has 0 radical (unpaired) electrons. The molecule has 0 amide bonds. The summed E-state index contributed by atoms with van der Waals surface area (Å²) in [7, 11) is 1.68. The van der Waals surface area contributed by atoms with Crippen molar-refractivity contribution in [3.05, 3.63) is 41.3 Å². The quantitative estimate of drug-likeness (QED) is 0.647. The zero-order valence-electron chi connectivity index (χ0n) is 15.8. The number of carboxylic acid groups (broad SMARTS) is 1. The number of carbonyl (C=O) groups is 1. The third-order valence-corrected chi connectivity index (χ3v) is 4.92. The number of hydrogen-bond donors (Lipinski definition) is 2. The number of methoxy groups -OCH3 is 1. The van der Waals surface area contributed by atoms with E-state index < -0.39 is 5.97 Å². The molecule has 1 aromatic heterocycles. The lowest BCUT2D eigenvalue weighted by molar-refractivity contribution is 0.0690. The molecule has 0 aliphatic carbocycles. The molecular formula is C19H24ClN5O3. The van der Waals surface area contributed by atoms with E-state index in [0.717, 1.165) is 57.1 Å². The average molecular weight is 406 g/mol. The summed E-state index contributed by atoms with van der Waals surface area (Å²) in [4.78, 5) is 23.4. The molecule has 8 nitrogen and oxygen atoms in total. The Morgan fingerprint density at radius 1 is 1.25 bits per heavy atom. The van der Waals surface area contributed by atoms with Gasteiger partial charge in [0.05, 0.1) is 25.2 Å². The number of aromatic nitrogens is 2. The monoisotopic (exact) mass is 405 g/mol. The predicted molar refractivity (Wildman–Crippen MR) is 109 cm³/mol. The first-order chi connectivity index (χ1) is 13.6. The maximum absolute atomic E-state index is 10.8. The van der Waals surface area contributed by atoms with Crippen molar-refractivity contribution in [3.63, 3.8) is 0 Å². The largest absolute Gasteiger partial charge is 0.495 e. The Morgan fingerprint density at radius 2 is 2.04 bits per heavy atom. The molecule has 9 heteroatoms. The van der Waals surface area contributed by atoms with Crippen LogP contribution in [0.5, 0.6) is 5.75 Å². The highest BCUT2D eigenvalue weighted by Gasteiger charge is 2.19. The molecule has 1 aliphatic heterocycles. The number of nitrogens with one attached hydrogen (secondary N) is 1. The van der Waals surface area contributed by atoms with Gasteiger partial charge in [0.15, 0.2) is 5.69 Å². The Hall–Kier alpha value is -2.58. The molecule has 0 atom stereocenters. The highest BCUT2D eigenvalue weighted by Crippen LogP contribution is 2.31. The number of nitrogens with zero attached hydrogens (tertiary/aromatic N) is 4. The maximum Gasteiger partial charge on any atom is 0.356 e. The van der Waals surface area contributed by atoms with Gasteiger partial charge in [-0.25, -0.2) is 14.8 Å². The normalized spacial score (nSPS) is 14.7. The average Bonchev–Trinajstić information content (AvgIpc) is 2.72. The predicted octanol–water partition coefficient (Wildman–Crippen LogP) is 2.46. The summed E-state index contributed by atoms with van der Waals surface area (Å²) in [6, 6.07) is 5.70. The summed E-state index contributed by atoms with van der Waals surface area (Å²) >= 11 is 6.14. The number of anilines is 2. The Labute approximate surface area is 169 Å². The van der Waals surface area contributed by atoms with Crippen LogP contribution in [0.15, 0.2) is 30.6 Å². The Balaban J connectivity index is 1.40. The third-order valence-electron chi connectivity index (χ3n) is 4.68. The first-order valence-electron chi connectivity index (χ1n) is 9.17. The van der Waals surface area contributed by atoms with Gasteiger partial charge >= 0.3 is 5.97 Å². The summed E-state index contributed by atoms with van der Waals surface area (Å²) in [5.74, 6) is 0.355. The van der Waals surface area contributed by atoms with Crippen LogP contribution < -0.4 is 15.0 Å². The van der Waals surface area contributed by atoms with E-state index in [2.05, 4.69) is 25.1 Å². The second-order valence-corrected chi connectivity index (χ2v) is 6.95. The molecule has 1 aromatic carbocycles. The van der Waals surface area contributed by atoms with Crippen LogP contribution in [0.2, 0.25) is 5.02 Å². The SMILES string of the molecule is COc1ccc(Cl)cc1N1CCN(CCCNc2cnc(C(=O)O)cn2)CC1.